The number of hydrogen-bond acceptors (Lipinski definition) is 3. The first-order valence-corrected chi connectivity index (χ1v) is 6.88. The van der Waals surface area contributed by atoms with Crippen LogP contribution in [0, 0.1) is 5.92 Å². The minimum atomic E-state index is 0.0496. The molecule has 0 saturated carbocycles. The van der Waals surface area contributed by atoms with E-state index in [1.165, 1.54) is 0 Å². The summed E-state index contributed by atoms with van der Waals surface area (Å²) >= 11 is 6.01. The van der Waals surface area contributed by atoms with Crippen LogP contribution >= 0.6 is 11.6 Å². The number of nitrogens with zero attached hydrogens (tertiary/aromatic N) is 1. The van der Waals surface area contributed by atoms with Gasteiger partial charge in [0.2, 0.25) is 0 Å². The topological polar surface area (TPSA) is 33.6 Å². The summed E-state index contributed by atoms with van der Waals surface area (Å²) < 4.78 is 6.01. The number of benzene rings is 1. The van der Waals surface area contributed by atoms with E-state index >= 15 is 0 Å². The summed E-state index contributed by atoms with van der Waals surface area (Å²) in [6, 6.07) is 7.86. The lowest BCUT2D eigenvalue weighted by Crippen LogP contribution is -2.32. The predicted molar refractivity (Wildman–Crippen MR) is 73.2 cm³/mol. The third-order valence-corrected chi connectivity index (χ3v) is 3.82. The lowest BCUT2D eigenvalue weighted by atomic mass is 9.98. The molecule has 1 N–H and O–H groups in total. The average Bonchev–Trinajstić information content (AvgIpc) is 2.89. The van der Waals surface area contributed by atoms with E-state index in [0.717, 1.165) is 49.0 Å². The Hall–Kier alpha value is -1.06. The molecule has 2 heterocycles. The summed E-state index contributed by atoms with van der Waals surface area (Å²) in [5.74, 6) is 1.44. The van der Waals surface area contributed by atoms with Gasteiger partial charge >= 0.3 is 0 Å². The molecular weight excluding hydrogens is 248 g/mol. The monoisotopic (exact) mass is 264 g/mol. The highest BCUT2D eigenvalue weighted by atomic mass is 35.5. The fourth-order valence-corrected chi connectivity index (χ4v) is 2.77. The second-order valence-electron chi connectivity index (χ2n) is 4.86. The van der Waals surface area contributed by atoms with Gasteiger partial charge in [0, 0.05) is 10.9 Å². The van der Waals surface area contributed by atoms with E-state index in [0.29, 0.717) is 5.92 Å². The van der Waals surface area contributed by atoms with Gasteiger partial charge in [0.1, 0.15) is 6.10 Å². The molecule has 1 unspecified atom stereocenters. The lowest BCUT2D eigenvalue weighted by Gasteiger charge is -2.23. The Morgan fingerprint density at radius 2 is 2.11 bits per heavy atom. The minimum absolute atomic E-state index is 0.0496. The van der Waals surface area contributed by atoms with Gasteiger partial charge in [-0.2, -0.15) is 0 Å². The molecule has 0 radical (unpaired) electrons. The zero-order valence-corrected chi connectivity index (χ0v) is 11.0. The Bertz CT molecular complexity index is 455. The van der Waals surface area contributed by atoms with Crippen LogP contribution in [0.1, 0.15) is 24.5 Å². The summed E-state index contributed by atoms with van der Waals surface area (Å²) in [6.45, 7) is 2.85. The maximum atomic E-state index is 6.01. The van der Waals surface area contributed by atoms with Gasteiger partial charge in [-0.1, -0.05) is 23.7 Å². The van der Waals surface area contributed by atoms with Crippen molar-refractivity contribution in [3.8, 4) is 0 Å². The molecule has 2 aliphatic heterocycles. The number of aliphatic imine (C=N–C) groups is 1. The summed E-state index contributed by atoms with van der Waals surface area (Å²) in [4.78, 5) is 4.57. The molecular formula is C14H17ClN2O. The van der Waals surface area contributed by atoms with Crippen LogP contribution in [0.3, 0.4) is 0 Å². The maximum Gasteiger partial charge on any atom is 0.187 e. The van der Waals surface area contributed by atoms with E-state index in [9.17, 15) is 0 Å². The zero-order chi connectivity index (χ0) is 12.4. The molecule has 0 aromatic heterocycles. The van der Waals surface area contributed by atoms with Gasteiger partial charge in [0.25, 0.3) is 0 Å². The van der Waals surface area contributed by atoms with Gasteiger partial charge in [-0.25, -0.2) is 0 Å². The largest absolute Gasteiger partial charge is 0.471 e. The molecule has 0 spiro atoms. The molecule has 3 nitrogen and oxygen atoms in total. The van der Waals surface area contributed by atoms with E-state index in [-0.39, 0.29) is 6.10 Å². The van der Waals surface area contributed by atoms with Crippen molar-refractivity contribution in [1.82, 2.24) is 5.32 Å². The standard InChI is InChI=1S/C14H17ClN2O/c15-12-3-1-2-11(8-12)13-9-17-14(18-13)10-4-6-16-7-5-10/h1-3,8,10,13,16H,4-7,9H2. The Labute approximate surface area is 112 Å². The first-order chi connectivity index (χ1) is 8.83. The van der Waals surface area contributed by atoms with Crippen LogP contribution in [0.15, 0.2) is 29.3 Å². The van der Waals surface area contributed by atoms with Gasteiger partial charge in [-0.05, 0) is 43.6 Å². The molecule has 1 fully saturated rings. The van der Waals surface area contributed by atoms with Crippen LogP contribution < -0.4 is 5.32 Å². The molecule has 96 valence electrons. The second kappa shape index (κ2) is 5.29. The van der Waals surface area contributed by atoms with Crippen LogP contribution in [-0.2, 0) is 4.74 Å². The minimum Gasteiger partial charge on any atom is -0.471 e. The zero-order valence-electron chi connectivity index (χ0n) is 10.2. The van der Waals surface area contributed by atoms with Crippen molar-refractivity contribution in [2.24, 2.45) is 10.9 Å². The summed E-state index contributed by atoms with van der Waals surface area (Å²) in [5, 5.41) is 4.12. The molecule has 2 aliphatic rings. The fourth-order valence-electron chi connectivity index (χ4n) is 2.57. The predicted octanol–water partition coefficient (Wildman–Crippen LogP) is 2.81. The Kier molecular flexibility index (Phi) is 3.52. The number of nitrogens with one attached hydrogen (secondary N) is 1. The van der Waals surface area contributed by atoms with Crippen LogP contribution in [-0.4, -0.2) is 25.5 Å². The van der Waals surface area contributed by atoms with Crippen LogP contribution in [0.5, 0.6) is 0 Å². The number of hydrogen-bond donors (Lipinski definition) is 1. The molecule has 0 aliphatic carbocycles. The van der Waals surface area contributed by atoms with E-state index in [1.807, 2.05) is 18.2 Å². The molecule has 1 aromatic rings. The van der Waals surface area contributed by atoms with Crippen molar-refractivity contribution in [3.05, 3.63) is 34.9 Å². The molecule has 3 rings (SSSR count). The number of rotatable bonds is 2. The van der Waals surface area contributed by atoms with Gasteiger partial charge < -0.3 is 10.1 Å². The quantitative estimate of drug-likeness (QED) is 0.891. The van der Waals surface area contributed by atoms with Gasteiger partial charge in [0.05, 0.1) is 6.54 Å². The van der Waals surface area contributed by atoms with E-state index in [4.69, 9.17) is 16.3 Å². The number of ether oxygens (including phenoxy) is 1. The number of piperidine rings is 1. The average molecular weight is 265 g/mol. The Balaban J connectivity index is 1.66. The van der Waals surface area contributed by atoms with E-state index in [1.54, 1.807) is 0 Å². The normalized spacial score (nSPS) is 24.7. The van der Waals surface area contributed by atoms with Crippen molar-refractivity contribution in [2.45, 2.75) is 18.9 Å². The van der Waals surface area contributed by atoms with Crippen LogP contribution in [0.4, 0.5) is 0 Å². The number of halogens is 1. The summed E-state index contributed by atoms with van der Waals surface area (Å²) in [7, 11) is 0. The Morgan fingerprint density at radius 3 is 2.89 bits per heavy atom. The third kappa shape index (κ3) is 2.52. The highest BCUT2D eigenvalue weighted by Crippen LogP contribution is 2.29. The van der Waals surface area contributed by atoms with Crippen LogP contribution in [0.2, 0.25) is 5.02 Å². The first-order valence-electron chi connectivity index (χ1n) is 6.50. The van der Waals surface area contributed by atoms with Crippen LogP contribution in [0.25, 0.3) is 0 Å². The highest BCUT2D eigenvalue weighted by Gasteiger charge is 2.28. The maximum absolute atomic E-state index is 6.01. The molecule has 1 saturated heterocycles. The SMILES string of the molecule is Clc1cccc(C2CN=C(C3CCNCC3)O2)c1. The Morgan fingerprint density at radius 1 is 1.28 bits per heavy atom. The van der Waals surface area contributed by atoms with Crippen molar-refractivity contribution in [3.63, 3.8) is 0 Å². The molecule has 1 atom stereocenters. The fraction of sp³-hybridized carbons (Fsp3) is 0.500. The van der Waals surface area contributed by atoms with Crippen molar-refractivity contribution in [2.75, 3.05) is 19.6 Å². The molecule has 1 aromatic carbocycles. The van der Waals surface area contributed by atoms with E-state index < -0.39 is 0 Å². The van der Waals surface area contributed by atoms with Gasteiger partial charge in [0.15, 0.2) is 5.90 Å². The molecule has 4 heteroatoms. The van der Waals surface area contributed by atoms with Gasteiger partial charge in [-0.3, -0.25) is 4.99 Å². The second-order valence-corrected chi connectivity index (χ2v) is 5.30. The third-order valence-electron chi connectivity index (χ3n) is 3.58. The smallest absolute Gasteiger partial charge is 0.187 e. The van der Waals surface area contributed by atoms with Crippen molar-refractivity contribution in [1.29, 1.82) is 0 Å². The summed E-state index contributed by atoms with van der Waals surface area (Å²) in [5.41, 5.74) is 1.12. The lowest BCUT2D eigenvalue weighted by molar-refractivity contribution is 0.208. The molecule has 0 bridgehead atoms. The first kappa shape index (κ1) is 12.0. The molecule has 18 heavy (non-hydrogen) atoms. The van der Waals surface area contributed by atoms with Crippen molar-refractivity contribution >= 4 is 17.5 Å². The highest BCUT2D eigenvalue weighted by molar-refractivity contribution is 6.30. The van der Waals surface area contributed by atoms with E-state index in [2.05, 4.69) is 16.4 Å². The summed E-state index contributed by atoms with van der Waals surface area (Å²) in [6.07, 6.45) is 2.30. The van der Waals surface area contributed by atoms with Gasteiger partial charge in [-0.15, -0.1) is 0 Å². The van der Waals surface area contributed by atoms with Crippen molar-refractivity contribution < 1.29 is 4.74 Å². The molecule has 0 amide bonds.